The smallest absolute Gasteiger partial charge is 0.269 e. The SMILES string of the molecule is O=C1c2cccc3cccc(c23)C(=O)N1CCCN(C(=O)c1ccc([N+](=O)[O-])cc1)c1ccccc1. The lowest BCUT2D eigenvalue weighted by Crippen LogP contribution is -2.42. The van der Waals surface area contributed by atoms with Crippen LogP contribution in [0.4, 0.5) is 11.4 Å². The van der Waals surface area contributed by atoms with Crippen LogP contribution in [-0.2, 0) is 0 Å². The number of non-ortho nitro benzene ring substituents is 1. The van der Waals surface area contributed by atoms with Crippen molar-refractivity contribution >= 4 is 39.9 Å². The standard InChI is InChI=1S/C28H21N3O5/c32-26(20-13-15-22(16-14-20)31(35)36)29(21-9-2-1-3-10-21)17-6-18-30-27(33)23-11-4-7-19-8-5-12-24(25(19)23)28(30)34/h1-5,7-16H,6,17-18H2. The third kappa shape index (κ3) is 4.09. The monoisotopic (exact) mass is 479 g/mol. The van der Waals surface area contributed by atoms with Gasteiger partial charge in [0.05, 0.1) is 4.92 Å². The molecule has 4 aromatic carbocycles. The number of amides is 3. The van der Waals surface area contributed by atoms with Gasteiger partial charge < -0.3 is 4.90 Å². The summed E-state index contributed by atoms with van der Waals surface area (Å²) >= 11 is 0. The number of hydrogen-bond acceptors (Lipinski definition) is 5. The Morgan fingerprint density at radius 2 is 1.42 bits per heavy atom. The van der Waals surface area contributed by atoms with Gasteiger partial charge in [0.25, 0.3) is 23.4 Å². The summed E-state index contributed by atoms with van der Waals surface area (Å²) < 4.78 is 0. The largest absolute Gasteiger partial charge is 0.308 e. The molecule has 0 saturated carbocycles. The Labute approximate surface area is 206 Å². The van der Waals surface area contributed by atoms with Crippen LogP contribution in [0.1, 0.15) is 37.5 Å². The second-order valence-electron chi connectivity index (χ2n) is 8.42. The van der Waals surface area contributed by atoms with Crippen LogP contribution in [0.2, 0.25) is 0 Å². The summed E-state index contributed by atoms with van der Waals surface area (Å²) in [5.41, 5.74) is 1.83. The van der Waals surface area contributed by atoms with Crippen molar-refractivity contribution in [3.05, 3.63) is 118 Å². The van der Waals surface area contributed by atoms with Gasteiger partial charge in [0.2, 0.25) is 0 Å². The Morgan fingerprint density at radius 3 is 2.00 bits per heavy atom. The molecule has 0 atom stereocenters. The van der Waals surface area contributed by atoms with E-state index in [1.165, 1.54) is 29.2 Å². The van der Waals surface area contributed by atoms with Gasteiger partial charge in [0, 0.05) is 53.0 Å². The van der Waals surface area contributed by atoms with E-state index < -0.39 is 4.92 Å². The Kier molecular flexibility index (Phi) is 6.00. The number of rotatable bonds is 7. The molecule has 1 aliphatic rings. The van der Waals surface area contributed by atoms with Gasteiger partial charge in [0.1, 0.15) is 0 Å². The number of nitro groups is 1. The average molecular weight is 479 g/mol. The fraction of sp³-hybridized carbons (Fsp3) is 0.107. The summed E-state index contributed by atoms with van der Waals surface area (Å²) in [7, 11) is 0. The van der Waals surface area contributed by atoms with Crippen LogP contribution >= 0.6 is 0 Å². The first-order chi connectivity index (χ1) is 17.5. The lowest BCUT2D eigenvalue weighted by molar-refractivity contribution is -0.384. The molecule has 0 spiro atoms. The van der Waals surface area contributed by atoms with Crippen LogP contribution in [-0.4, -0.2) is 40.6 Å². The van der Waals surface area contributed by atoms with Crippen molar-refractivity contribution in [1.82, 2.24) is 4.90 Å². The van der Waals surface area contributed by atoms with E-state index in [-0.39, 0.29) is 36.5 Å². The van der Waals surface area contributed by atoms with E-state index in [0.29, 0.717) is 34.2 Å². The highest BCUT2D eigenvalue weighted by Crippen LogP contribution is 2.30. The number of benzene rings is 4. The molecule has 3 amide bonds. The summed E-state index contributed by atoms with van der Waals surface area (Å²) in [4.78, 5) is 52.9. The lowest BCUT2D eigenvalue weighted by Gasteiger charge is -2.28. The van der Waals surface area contributed by atoms with Crippen molar-refractivity contribution < 1.29 is 19.3 Å². The molecule has 1 heterocycles. The number of para-hydroxylation sites is 1. The number of nitro benzene ring substituents is 1. The van der Waals surface area contributed by atoms with Gasteiger partial charge >= 0.3 is 0 Å². The van der Waals surface area contributed by atoms with Crippen LogP contribution in [0.5, 0.6) is 0 Å². The molecule has 0 aliphatic carbocycles. The zero-order chi connectivity index (χ0) is 25.2. The molecule has 8 nitrogen and oxygen atoms in total. The quantitative estimate of drug-likeness (QED) is 0.209. The summed E-state index contributed by atoms with van der Waals surface area (Å²) in [5, 5.41) is 12.5. The first-order valence-electron chi connectivity index (χ1n) is 11.4. The van der Waals surface area contributed by atoms with E-state index in [0.717, 1.165) is 5.39 Å². The highest BCUT2D eigenvalue weighted by atomic mass is 16.6. The van der Waals surface area contributed by atoms with E-state index in [9.17, 15) is 24.5 Å². The van der Waals surface area contributed by atoms with E-state index in [4.69, 9.17) is 0 Å². The number of imide groups is 1. The number of carbonyl (C=O) groups is 3. The fourth-order valence-electron chi connectivity index (χ4n) is 4.51. The zero-order valence-electron chi connectivity index (χ0n) is 19.2. The summed E-state index contributed by atoms with van der Waals surface area (Å²) in [6.45, 7) is 0.377. The normalized spacial score (nSPS) is 12.6. The Bertz CT molecular complexity index is 1450. The topological polar surface area (TPSA) is 101 Å². The minimum Gasteiger partial charge on any atom is -0.308 e. The van der Waals surface area contributed by atoms with Gasteiger partial charge in [-0.1, -0.05) is 42.5 Å². The number of carbonyl (C=O) groups excluding carboxylic acids is 3. The molecule has 0 saturated heterocycles. The molecular formula is C28H21N3O5. The maximum Gasteiger partial charge on any atom is 0.269 e. The first-order valence-corrected chi connectivity index (χ1v) is 11.4. The number of anilines is 1. The molecule has 8 heteroatoms. The van der Waals surface area contributed by atoms with Crippen LogP contribution in [0.3, 0.4) is 0 Å². The highest BCUT2D eigenvalue weighted by molar-refractivity contribution is 6.25. The molecule has 1 aliphatic heterocycles. The molecule has 0 unspecified atom stereocenters. The van der Waals surface area contributed by atoms with Crippen molar-refractivity contribution in [2.24, 2.45) is 0 Å². The Balaban J connectivity index is 1.36. The predicted molar refractivity (Wildman–Crippen MR) is 135 cm³/mol. The van der Waals surface area contributed by atoms with Crippen molar-refractivity contribution in [1.29, 1.82) is 0 Å². The Hall–Kier alpha value is -4.85. The second-order valence-corrected chi connectivity index (χ2v) is 8.42. The zero-order valence-corrected chi connectivity index (χ0v) is 19.2. The third-order valence-corrected chi connectivity index (χ3v) is 6.26. The summed E-state index contributed by atoms with van der Waals surface area (Å²) in [6, 6.07) is 25.2. The predicted octanol–water partition coefficient (Wildman–Crippen LogP) is 5.08. The van der Waals surface area contributed by atoms with Crippen molar-refractivity contribution in [2.75, 3.05) is 18.0 Å². The van der Waals surface area contributed by atoms with Gasteiger partial charge in [-0.15, -0.1) is 0 Å². The van der Waals surface area contributed by atoms with Crippen LogP contribution in [0.25, 0.3) is 10.8 Å². The van der Waals surface area contributed by atoms with Gasteiger partial charge in [0.15, 0.2) is 0 Å². The molecule has 0 aromatic heterocycles. The van der Waals surface area contributed by atoms with E-state index in [2.05, 4.69) is 0 Å². The van der Waals surface area contributed by atoms with Crippen molar-refractivity contribution in [3.63, 3.8) is 0 Å². The van der Waals surface area contributed by atoms with Gasteiger partial charge in [-0.2, -0.15) is 0 Å². The first kappa shape index (κ1) is 22.9. The van der Waals surface area contributed by atoms with Crippen molar-refractivity contribution in [3.8, 4) is 0 Å². The van der Waals surface area contributed by atoms with E-state index in [1.54, 1.807) is 53.4 Å². The van der Waals surface area contributed by atoms with Crippen LogP contribution in [0.15, 0.2) is 91.0 Å². The minimum atomic E-state index is -0.519. The summed E-state index contributed by atoms with van der Waals surface area (Å²) in [5.74, 6) is -1.03. The van der Waals surface area contributed by atoms with E-state index >= 15 is 0 Å². The van der Waals surface area contributed by atoms with Gasteiger partial charge in [-0.3, -0.25) is 29.4 Å². The maximum absolute atomic E-state index is 13.3. The Morgan fingerprint density at radius 1 is 0.806 bits per heavy atom. The third-order valence-electron chi connectivity index (χ3n) is 6.26. The molecule has 0 radical (unpaired) electrons. The molecule has 36 heavy (non-hydrogen) atoms. The molecular weight excluding hydrogens is 458 g/mol. The lowest BCUT2D eigenvalue weighted by atomic mass is 9.94. The molecule has 0 fully saturated rings. The fourth-order valence-corrected chi connectivity index (χ4v) is 4.51. The van der Waals surface area contributed by atoms with Crippen LogP contribution < -0.4 is 4.90 Å². The number of nitrogens with zero attached hydrogens (tertiary/aromatic N) is 3. The molecule has 4 aromatic rings. The second kappa shape index (κ2) is 9.42. The van der Waals surface area contributed by atoms with E-state index in [1.807, 2.05) is 18.2 Å². The van der Waals surface area contributed by atoms with Gasteiger partial charge in [-0.05, 0) is 48.2 Å². The molecule has 178 valence electrons. The highest BCUT2D eigenvalue weighted by Gasteiger charge is 2.32. The van der Waals surface area contributed by atoms with Crippen molar-refractivity contribution in [2.45, 2.75) is 6.42 Å². The number of hydrogen-bond donors (Lipinski definition) is 0. The molecule has 0 N–H and O–H groups in total. The van der Waals surface area contributed by atoms with Gasteiger partial charge in [-0.25, -0.2) is 0 Å². The summed E-state index contributed by atoms with van der Waals surface area (Å²) in [6.07, 6.45) is 0.350. The minimum absolute atomic E-state index is 0.102. The van der Waals surface area contributed by atoms with Crippen LogP contribution in [0, 0.1) is 10.1 Å². The maximum atomic E-state index is 13.3. The average Bonchev–Trinajstić information content (AvgIpc) is 2.91. The molecule has 0 bridgehead atoms. The molecule has 5 rings (SSSR count).